The fraction of sp³-hybridized carbons (Fsp3) is 0.412. The molecule has 0 N–H and O–H groups in total. The average Bonchev–Trinajstić information content (AvgIpc) is 2.94. The maximum absolute atomic E-state index is 6.00. The predicted molar refractivity (Wildman–Crippen MR) is 90.7 cm³/mol. The molecule has 4 rings (SSSR count). The average molecular weight is 376 g/mol. The first-order chi connectivity index (χ1) is 11.3. The third-order valence-electron chi connectivity index (χ3n) is 4.34. The zero-order valence-electron chi connectivity index (χ0n) is 12.8. The summed E-state index contributed by atoms with van der Waals surface area (Å²) < 4.78 is 12.4. The van der Waals surface area contributed by atoms with Crippen molar-refractivity contribution >= 4 is 15.9 Å². The molecule has 0 saturated carbocycles. The summed E-state index contributed by atoms with van der Waals surface area (Å²) in [7, 11) is 0. The van der Waals surface area contributed by atoms with Crippen LogP contribution in [0.4, 0.5) is 0 Å². The van der Waals surface area contributed by atoms with E-state index in [0.29, 0.717) is 12.5 Å². The highest BCUT2D eigenvalue weighted by atomic mass is 79.9. The van der Waals surface area contributed by atoms with Gasteiger partial charge in [-0.2, -0.15) is 0 Å². The Balaban J connectivity index is 1.51. The zero-order valence-corrected chi connectivity index (χ0v) is 14.4. The van der Waals surface area contributed by atoms with Crippen LogP contribution in [0.3, 0.4) is 0 Å². The number of ether oxygens (including phenoxy) is 2. The molecule has 0 bridgehead atoms. The topological polar surface area (TPSA) is 47.5 Å². The van der Waals surface area contributed by atoms with Crippen molar-refractivity contribution in [1.29, 1.82) is 0 Å². The number of hydrogen-bond acceptors (Lipinski definition) is 5. The fourth-order valence-electron chi connectivity index (χ4n) is 3.13. The molecule has 1 saturated heterocycles. The van der Waals surface area contributed by atoms with E-state index in [1.54, 1.807) is 6.33 Å². The van der Waals surface area contributed by atoms with Gasteiger partial charge in [-0.1, -0.05) is 22.0 Å². The second-order valence-corrected chi connectivity index (χ2v) is 6.70. The second-order valence-electron chi connectivity index (χ2n) is 5.78. The van der Waals surface area contributed by atoms with Crippen molar-refractivity contribution < 1.29 is 9.47 Å². The molecule has 1 aromatic carbocycles. The SMILES string of the molecule is Brc1ccc2c(c1)-c1c(ncnc1OCCN1CCOCC1)C2. The molecule has 5 nitrogen and oxygen atoms in total. The molecule has 1 aliphatic carbocycles. The van der Waals surface area contributed by atoms with Gasteiger partial charge in [0, 0.05) is 30.5 Å². The summed E-state index contributed by atoms with van der Waals surface area (Å²) in [4.78, 5) is 11.2. The van der Waals surface area contributed by atoms with E-state index >= 15 is 0 Å². The van der Waals surface area contributed by atoms with Crippen LogP contribution < -0.4 is 4.74 Å². The molecule has 1 aromatic heterocycles. The first-order valence-electron chi connectivity index (χ1n) is 7.87. The first-order valence-corrected chi connectivity index (χ1v) is 8.66. The maximum atomic E-state index is 6.00. The smallest absolute Gasteiger partial charge is 0.224 e. The highest BCUT2D eigenvalue weighted by Crippen LogP contribution is 2.41. The van der Waals surface area contributed by atoms with Crippen molar-refractivity contribution in [2.45, 2.75) is 6.42 Å². The first kappa shape index (κ1) is 15.1. The Morgan fingerprint density at radius 2 is 2.09 bits per heavy atom. The zero-order chi connectivity index (χ0) is 15.6. The Hall–Kier alpha value is -1.50. The minimum atomic E-state index is 0.632. The number of morpholine rings is 1. The third kappa shape index (κ3) is 3.11. The van der Waals surface area contributed by atoms with Crippen molar-refractivity contribution in [3.05, 3.63) is 40.3 Å². The lowest BCUT2D eigenvalue weighted by Gasteiger charge is -2.26. The molecule has 0 spiro atoms. The van der Waals surface area contributed by atoms with Gasteiger partial charge in [-0.3, -0.25) is 4.90 Å². The number of aromatic nitrogens is 2. The molecule has 2 aliphatic rings. The normalized spacial score (nSPS) is 16.9. The molecule has 2 heterocycles. The molecule has 23 heavy (non-hydrogen) atoms. The van der Waals surface area contributed by atoms with E-state index in [1.807, 2.05) is 0 Å². The van der Waals surface area contributed by atoms with Gasteiger partial charge < -0.3 is 9.47 Å². The van der Waals surface area contributed by atoms with E-state index in [0.717, 1.165) is 55.0 Å². The Kier molecular flexibility index (Phi) is 4.29. The van der Waals surface area contributed by atoms with Crippen molar-refractivity contribution in [2.24, 2.45) is 0 Å². The standard InChI is InChI=1S/C17H18BrN3O2/c18-13-2-1-12-9-15-16(14(12)10-13)17(20-11-19-15)23-8-5-21-3-6-22-7-4-21/h1-2,10-11H,3-9H2. The minimum absolute atomic E-state index is 0.632. The van der Waals surface area contributed by atoms with Crippen LogP contribution >= 0.6 is 15.9 Å². The third-order valence-corrected chi connectivity index (χ3v) is 4.83. The van der Waals surface area contributed by atoms with E-state index in [9.17, 15) is 0 Å². The molecule has 0 atom stereocenters. The van der Waals surface area contributed by atoms with E-state index < -0.39 is 0 Å². The molecule has 0 radical (unpaired) electrons. The highest BCUT2D eigenvalue weighted by molar-refractivity contribution is 9.10. The summed E-state index contributed by atoms with van der Waals surface area (Å²) in [5.41, 5.74) is 4.55. The minimum Gasteiger partial charge on any atom is -0.476 e. The van der Waals surface area contributed by atoms with Crippen LogP contribution in [0, 0.1) is 0 Å². The number of nitrogens with zero attached hydrogens (tertiary/aromatic N) is 3. The van der Waals surface area contributed by atoms with E-state index in [4.69, 9.17) is 9.47 Å². The molecule has 0 amide bonds. The summed E-state index contributed by atoms with van der Waals surface area (Å²) in [6.07, 6.45) is 2.45. The number of halogens is 1. The number of hydrogen-bond donors (Lipinski definition) is 0. The van der Waals surface area contributed by atoms with Crippen molar-refractivity contribution in [3.63, 3.8) is 0 Å². The van der Waals surface area contributed by atoms with E-state index in [2.05, 4.69) is 49.0 Å². The van der Waals surface area contributed by atoms with Gasteiger partial charge in [-0.15, -0.1) is 0 Å². The monoisotopic (exact) mass is 375 g/mol. The van der Waals surface area contributed by atoms with Crippen molar-refractivity contribution in [1.82, 2.24) is 14.9 Å². The molecular formula is C17H18BrN3O2. The summed E-state index contributed by atoms with van der Waals surface area (Å²) >= 11 is 3.55. The van der Waals surface area contributed by atoms with Gasteiger partial charge in [-0.25, -0.2) is 9.97 Å². The fourth-order valence-corrected chi connectivity index (χ4v) is 3.49. The molecular weight excluding hydrogens is 358 g/mol. The summed E-state index contributed by atoms with van der Waals surface area (Å²) in [5, 5.41) is 0. The lowest BCUT2D eigenvalue weighted by atomic mass is 10.1. The van der Waals surface area contributed by atoms with Crippen LogP contribution in [-0.2, 0) is 11.2 Å². The van der Waals surface area contributed by atoms with Crippen molar-refractivity contribution in [2.75, 3.05) is 39.5 Å². The van der Waals surface area contributed by atoms with Crippen LogP contribution in [0.5, 0.6) is 5.88 Å². The van der Waals surface area contributed by atoms with Crippen molar-refractivity contribution in [3.8, 4) is 17.0 Å². The summed E-state index contributed by atoms with van der Waals surface area (Å²) in [6.45, 7) is 5.09. The van der Waals surface area contributed by atoms with Gasteiger partial charge in [-0.05, 0) is 23.3 Å². The largest absolute Gasteiger partial charge is 0.476 e. The lowest BCUT2D eigenvalue weighted by Crippen LogP contribution is -2.38. The Morgan fingerprint density at radius 1 is 1.22 bits per heavy atom. The van der Waals surface area contributed by atoms with Crippen LogP contribution in [0.25, 0.3) is 11.1 Å². The van der Waals surface area contributed by atoms with E-state index in [1.165, 1.54) is 11.1 Å². The lowest BCUT2D eigenvalue weighted by molar-refractivity contribution is 0.0320. The molecule has 1 fully saturated rings. The highest BCUT2D eigenvalue weighted by Gasteiger charge is 2.25. The molecule has 120 valence electrons. The van der Waals surface area contributed by atoms with Gasteiger partial charge in [0.1, 0.15) is 12.9 Å². The Bertz CT molecular complexity index is 717. The Labute approximate surface area is 143 Å². The maximum Gasteiger partial charge on any atom is 0.224 e. The summed E-state index contributed by atoms with van der Waals surface area (Å²) in [5.74, 6) is 0.695. The molecule has 0 unspecified atom stereocenters. The number of benzene rings is 1. The second kappa shape index (κ2) is 6.55. The van der Waals surface area contributed by atoms with Gasteiger partial charge in [0.15, 0.2) is 0 Å². The Morgan fingerprint density at radius 3 is 2.96 bits per heavy atom. The molecule has 1 aliphatic heterocycles. The van der Waals surface area contributed by atoms with Crippen LogP contribution in [-0.4, -0.2) is 54.3 Å². The number of rotatable bonds is 4. The molecule has 2 aromatic rings. The van der Waals surface area contributed by atoms with Crippen LogP contribution in [0.1, 0.15) is 11.3 Å². The van der Waals surface area contributed by atoms with Crippen LogP contribution in [0.15, 0.2) is 29.0 Å². The molecule has 6 heteroatoms. The van der Waals surface area contributed by atoms with Gasteiger partial charge >= 0.3 is 0 Å². The van der Waals surface area contributed by atoms with Gasteiger partial charge in [0.2, 0.25) is 5.88 Å². The van der Waals surface area contributed by atoms with E-state index in [-0.39, 0.29) is 0 Å². The van der Waals surface area contributed by atoms with Crippen LogP contribution in [0.2, 0.25) is 0 Å². The summed E-state index contributed by atoms with van der Waals surface area (Å²) in [6, 6.07) is 6.33. The van der Waals surface area contributed by atoms with Gasteiger partial charge in [0.25, 0.3) is 0 Å². The predicted octanol–water partition coefficient (Wildman–Crippen LogP) is 2.52. The quantitative estimate of drug-likeness (QED) is 0.701. The van der Waals surface area contributed by atoms with Gasteiger partial charge in [0.05, 0.1) is 24.5 Å². The number of fused-ring (bicyclic) bond motifs is 3.